The molecule has 5 heteroatoms. The van der Waals surface area contributed by atoms with Gasteiger partial charge in [-0.15, -0.1) is 22.7 Å². The Balaban J connectivity index is 2.21. The van der Waals surface area contributed by atoms with Gasteiger partial charge in [0.2, 0.25) is 0 Å². The molecule has 0 atom stereocenters. The van der Waals surface area contributed by atoms with Crippen molar-refractivity contribution in [2.45, 2.75) is 39.5 Å². The maximum absolute atomic E-state index is 5.25. The van der Waals surface area contributed by atoms with Gasteiger partial charge < -0.3 is 10.1 Å². The van der Waals surface area contributed by atoms with Gasteiger partial charge in [-0.25, -0.2) is 4.98 Å². The molecule has 104 valence electrons. The Kier molecular flexibility index (Phi) is 4.73. The van der Waals surface area contributed by atoms with Gasteiger partial charge in [-0.2, -0.15) is 0 Å². The van der Waals surface area contributed by atoms with E-state index in [2.05, 4.69) is 43.6 Å². The van der Waals surface area contributed by atoms with E-state index in [4.69, 9.17) is 9.72 Å². The zero-order valence-electron chi connectivity index (χ0n) is 11.8. The van der Waals surface area contributed by atoms with Gasteiger partial charge in [-0.05, 0) is 32.2 Å². The van der Waals surface area contributed by atoms with Gasteiger partial charge >= 0.3 is 0 Å². The largest absolute Gasteiger partial charge is 0.378 e. The number of nitrogens with one attached hydrogen (secondary N) is 1. The van der Waals surface area contributed by atoms with E-state index in [1.807, 2.05) is 0 Å². The van der Waals surface area contributed by atoms with E-state index in [9.17, 15) is 0 Å². The van der Waals surface area contributed by atoms with Crippen LogP contribution >= 0.6 is 22.7 Å². The first kappa shape index (κ1) is 14.7. The lowest BCUT2D eigenvalue weighted by atomic mass is 10.1. The lowest BCUT2D eigenvalue weighted by Gasteiger charge is -2.20. The molecule has 0 spiro atoms. The van der Waals surface area contributed by atoms with E-state index in [1.54, 1.807) is 29.8 Å². The van der Waals surface area contributed by atoms with E-state index in [-0.39, 0.29) is 5.54 Å². The van der Waals surface area contributed by atoms with Gasteiger partial charge in [0.1, 0.15) is 5.01 Å². The zero-order chi connectivity index (χ0) is 13.9. The summed E-state index contributed by atoms with van der Waals surface area (Å²) < 4.78 is 5.25. The Hall–Kier alpha value is -0.750. The van der Waals surface area contributed by atoms with Crippen LogP contribution in [0.15, 0.2) is 17.5 Å². The van der Waals surface area contributed by atoms with Crippen molar-refractivity contribution in [2.75, 3.05) is 7.11 Å². The van der Waals surface area contributed by atoms with Crippen molar-refractivity contribution in [3.63, 3.8) is 0 Å². The Labute approximate surface area is 122 Å². The minimum absolute atomic E-state index is 0.109. The van der Waals surface area contributed by atoms with Gasteiger partial charge in [-0.3, -0.25) is 0 Å². The fraction of sp³-hybridized carbons (Fsp3) is 0.500. The Bertz CT molecular complexity index is 512. The number of hydrogen-bond acceptors (Lipinski definition) is 5. The molecule has 2 rings (SSSR count). The van der Waals surface area contributed by atoms with Crippen LogP contribution in [0.5, 0.6) is 0 Å². The number of thiophene rings is 1. The van der Waals surface area contributed by atoms with E-state index >= 15 is 0 Å². The molecule has 3 nitrogen and oxygen atoms in total. The molecule has 0 saturated carbocycles. The van der Waals surface area contributed by atoms with Crippen LogP contribution in [-0.2, 0) is 17.9 Å². The Morgan fingerprint density at radius 2 is 2.16 bits per heavy atom. The van der Waals surface area contributed by atoms with E-state index < -0.39 is 0 Å². The number of ether oxygens (including phenoxy) is 1. The highest BCUT2D eigenvalue weighted by atomic mass is 32.1. The molecule has 0 aliphatic rings. The van der Waals surface area contributed by atoms with E-state index in [0.29, 0.717) is 6.61 Å². The molecule has 0 unspecified atom stereocenters. The summed E-state index contributed by atoms with van der Waals surface area (Å²) >= 11 is 3.48. The van der Waals surface area contributed by atoms with Crippen LogP contribution in [0, 0.1) is 0 Å². The molecular formula is C14H20N2OS2. The summed E-state index contributed by atoms with van der Waals surface area (Å²) in [7, 11) is 1.71. The van der Waals surface area contributed by atoms with Crippen LogP contribution < -0.4 is 5.32 Å². The fourth-order valence-electron chi connectivity index (χ4n) is 1.62. The second-order valence-electron chi connectivity index (χ2n) is 5.40. The maximum atomic E-state index is 5.25. The number of nitrogens with zero attached hydrogens (tertiary/aromatic N) is 1. The third kappa shape index (κ3) is 4.11. The molecule has 19 heavy (non-hydrogen) atoms. The van der Waals surface area contributed by atoms with Crippen molar-refractivity contribution in [3.05, 3.63) is 28.1 Å². The molecule has 0 aliphatic carbocycles. The lowest BCUT2D eigenvalue weighted by molar-refractivity contribution is 0.181. The minimum atomic E-state index is 0.109. The predicted octanol–water partition coefficient (Wildman–Crippen LogP) is 3.91. The molecule has 0 aromatic carbocycles. The maximum Gasteiger partial charge on any atom is 0.134 e. The molecule has 0 aliphatic heterocycles. The second-order valence-corrected chi connectivity index (χ2v) is 7.43. The van der Waals surface area contributed by atoms with Crippen LogP contribution in [0.3, 0.4) is 0 Å². The van der Waals surface area contributed by atoms with Gasteiger partial charge in [-0.1, -0.05) is 6.07 Å². The van der Waals surface area contributed by atoms with E-state index in [1.165, 1.54) is 9.75 Å². The monoisotopic (exact) mass is 296 g/mol. The number of methoxy groups -OCH3 is 1. The van der Waals surface area contributed by atoms with Crippen LogP contribution in [0.1, 0.15) is 31.3 Å². The molecule has 2 aromatic rings. The summed E-state index contributed by atoms with van der Waals surface area (Å²) in [5.74, 6) is 0. The molecule has 2 aromatic heterocycles. The first-order valence-corrected chi connectivity index (χ1v) is 7.95. The zero-order valence-corrected chi connectivity index (χ0v) is 13.5. The fourth-order valence-corrected chi connectivity index (χ4v) is 3.42. The molecule has 0 radical (unpaired) electrons. The topological polar surface area (TPSA) is 34.1 Å². The summed E-state index contributed by atoms with van der Waals surface area (Å²) in [6.45, 7) is 7.92. The average molecular weight is 296 g/mol. The Morgan fingerprint density at radius 1 is 1.37 bits per heavy atom. The second kappa shape index (κ2) is 6.13. The van der Waals surface area contributed by atoms with Crippen molar-refractivity contribution in [1.29, 1.82) is 0 Å². The number of rotatable bonds is 5. The van der Waals surface area contributed by atoms with E-state index in [0.717, 1.165) is 17.2 Å². The quantitative estimate of drug-likeness (QED) is 0.908. The molecule has 0 saturated heterocycles. The van der Waals surface area contributed by atoms with Crippen molar-refractivity contribution in [2.24, 2.45) is 0 Å². The molecule has 0 amide bonds. The molecule has 1 N–H and O–H groups in total. The number of hydrogen-bond donors (Lipinski definition) is 1. The SMILES string of the molecule is COCc1nc(-c2cccs2)sc1CNC(C)(C)C. The third-order valence-corrected chi connectivity index (χ3v) is 4.71. The third-order valence-electron chi connectivity index (χ3n) is 2.57. The number of thiazole rings is 1. The van der Waals surface area contributed by atoms with Crippen molar-refractivity contribution < 1.29 is 4.74 Å². The van der Waals surface area contributed by atoms with Crippen molar-refractivity contribution >= 4 is 22.7 Å². The summed E-state index contributed by atoms with van der Waals surface area (Å²) in [4.78, 5) is 7.20. The van der Waals surface area contributed by atoms with Crippen molar-refractivity contribution in [3.8, 4) is 9.88 Å². The smallest absolute Gasteiger partial charge is 0.134 e. The van der Waals surface area contributed by atoms with Crippen LogP contribution in [0.2, 0.25) is 0 Å². The first-order chi connectivity index (χ1) is 8.99. The number of aromatic nitrogens is 1. The van der Waals surface area contributed by atoms with Crippen LogP contribution in [-0.4, -0.2) is 17.6 Å². The van der Waals surface area contributed by atoms with Gasteiger partial charge in [0.15, 0.2) is 0 Å². The average Bonchev–Trinajstić information content (AvgIpc) is 2.94. The summed E-state index contributed by atoms with van der Waals surface area (Å²) in [5, 5.41) is 6.69. The van der Waals surface area contributed by atoms with Gasteiger partial charge in [0, 0.05) is 24.1 Å². The predicted molar refractivity (Wildman–Crippen MR) is 82.7 cm³/mol. The standard InChI is InChI=1S/C14H20N2OS2/c1-14(2,3)15-8-12-10(9-17-4)16-13(19-12)11-6-5-7-18-11/h5-7,15H,8-9H2,1-4H3. The summed E-state index contributed by atoms with van der Waals surface area (Å²) in [5.41, 5.74) is 1.16. The first-order valence-electron chi connectivity index (χ1n) is 6.26. The summed E-state index contributed by atoms with van der Waals surface area (Å²) in [6.07, 6.45) is 0. The van der Waals surface area contributed by atoms with Crippen LogP contribution in [0.4, 0.5) is 0 Å². The molecular weight excluding hydrogens is 276 g/mol. The lowest BCUT2D eigenvalue weighted by Crippen LogP contribution is -2.35. The summed E-state index contributed by atoms with van der Waals surface area (Å²) in [6, 6.07) is 4.17. The normalized spacial score (nSPS) is 12.0. The highest BCUT2D eigenvalue weighted by molar-refractivity contribution is 7.21. The molecule has 2 heterocycles. The van der Waals surface area contributed by atoms with Gasteiger partial charge in [0.25, 0.3) is 0 Å². The molecule has 0 fully saturated rings. The molecule has 0 bridgehead atoms. The van der Waals surface area contributed by atoms with Gasteiger partial charge in [0.05, 0.1) is 17.2 Å². The highest BCUT2D eigenvalue weighted by Gasteiger charge is 2.15. The minimum Gasteiger partial charge on any atom is -0.378 e. The highest BCUT2D eigenvalue weighted by Crippen LogP contribution is 2.31. The van der Waals surface area contributed by atoms with Crippen LogP contribution in [0.25, 0.3) is 9.88 Å². The van der Waals surface area contributed by atoms with Crippen molar-refractivity contribution in [1.82, 2.24) is 10.3 Å². The Morgan fingerprint density at radius 3 is 2.74 bits per heavy atom.